The lowest BCUT2D eigenvalue weighted by molar-refractivity contribution is -0.137. The molecule has 116 valence electrons. The summed E-state index contributed by atoms with van der Waals surface area (Å²) in [6, 6.07) is -0.803. The van der Waals surface area contributed by atoms with Crippen LogP contribution in [0.2, 0.25) is 0 Å². The third-order valence-corrected chi connectivity index (χ3v) is 4.46. The Morgan fingerprint density at radius 3 is 2.65 bits per heavy atom. The summed E-state index contributed by atoms with van der Waals surface area (Å²) in [6.45, 7) is 1.08. The highest BCUT2D eigenvalue weighted by Gasteiger charge is 2.29. The van der Waals surface area contributed by atoms with Crippen LogP contribution < -0.4 is 5.73 Å². The average molecular weight is 306 g/mol. The standard InChI is InChI=1S/C12H22N2O5S/c1-20(18,19)7-5-10(13)12(17)14-6-4-9(8-14)2-3-11(15)16/h9-10H,2-8,13H2,1H3,(H,15,16). The Kier molecular flexibility index (Phi) is 5.94. The molecule has 1 amide bonds. The van der Waals surface area contributed by atoms with Crippen LogP contribution in [0.25, 0.3) is 0 Å². The van der Waals surface area contributed by atoms with Crippen molar-refractivity contribution in [2.24, 2.45) is 11.7 Å². The van der Waals surface area contributed by atoms with E-state index < -0.39 is 21.8 Å². The van der Waals surface area contributed by atoms with Crippen LogP contribution in [0.1, 0.15) is 25.7 Å². The van der Waals surface area contributed by atoms with Crippen molar-refractivity contribution in [3.8, 4) is 0 Å². The number of nitrogens with zero attached hydrogens (tertiary/aromatic N) is 1. The van der Waals surface area contributed by atoms with E-state index in [0.717, 1.165) is 12.7 Å². The first-order valence-electron chi connectivity index (χ1n) is 6.63. The fourth-order valence-corrected chi connectivity index (χ4v) is 2.98. The number of carboxylic acids is 1. The molecule has 0 aromatic rings. The van der Waals surface area contributed by atoms with Crippen molar-refractivity contribution >= 4 is 21.7 Å². The summed E-state index contributed by atoms with van der Waals surface area (Å²) in [4.78, 5) is 24.1. The summed E-state index contributed by atoms with van der Waals surface area (Å²) in [5.74, 6) is -0.987. The van der Waals surface area contributed by atoms with Crippen LogP contribution in [0.5, 0.6) is 0 Å². The van der Waals surface area contributed by atoms with Crippen molar-refractivity contribution in [2.45, 2.75) is 31.7 Å². The number of carboxylic acid groups (broad SMARTS) is 1. The van der Waals surface area contributed by atoms with Crippen LogP contribution in [-0.2, 0) is 19.4 Å². The molecule has 7 nitrogen and oxygen atoms in total. The van der Waals surface area contributed by atoms with Crippen molar-refractivity contribution in [3.63, 3.8) is 0 Å². The fraction of sp³-hybridized carbons (Fsp3) is 0.833. The van der Waals surface area contributed by atoms with Gasteiger partial charge in [0.1, 0.15) is 9.84 Å². The van der Waals surface area contributed by atoms with Gasteiger partial charge in [-0.15, -0.1) is 0 Å². The first kappa shape index (κ1) is 16.9. The Morgan fingerprint density at radius 1 is 1.45 bits per heavy atom. The van der Waals surface area contributed by atoms with Gasteiger partial charge in [0.05, 0.1) is 11.8 Å². The molecule has 3 N–H and O–H groups in total. The molecule has 0 aliphatic carbocycles. The van der Waals surface area contributed by atoms with E-state index >= 15 is 0 Å². The van der Waals surface area contributed by atoms with Crippen molar-refractivity contribution in [2.75, 3.05) is 25.1 Å². The second kappa shape index (κ2) is 7.03. The number of aliphatic carboxylic acids is 1. The zero-order valence-corrected chi connectivity index (χ0v) is 12.4. The van der Waals surface area contributed by atoms with Gasteiger partial charge >= 0.3 is 5.97 Å². The number of likely N-dealkylation sites (tertiary alicyclic amines) is 1. The molecule has 1 aliphatic heterocycles. The third kappa shape index (κ3) is 5.87. The molecule has 1 saturated heterocycles. The second-order valence-corrected chi connectivity index (χ2v) is 7.66. The van der Waals surface area contributed by atoms with E-state index in [2.05, 4.69) is 0 Å². The van der Waals surface area contributed by atoms with Crippen LogP contribution >= 0.6 is 0 Å². The van der Waals surface area contributed by atoms with Crippen molar-refractivity contribution < 1.29 is 23.1 Å². The summed E-state index contributed by atoms with van der Waals surface area (Å²) in [5, 5.41) is 8.63. The lowest BCUT2D eigenvalue weighted by Gasteiger charge is -2.20. The molecule has 1 fully saturated rings. The Morgan fingerprint density at radius 2 is 2.10 bits per heavy atom. The van der Waals surface area contributed by atoms with E-state index in [1.54, 1.807) is 4.90 Å². The Bertz CT molecular complexity index is 462. The van der Waals surface area contributed by atoms with Gasteiger partial charge in [-0.25, -0.2) is 8.42 Å². The van der Waals surface area contributed by atoms with E-state index in [4.69, 9.17) is 10.8 Å². The van der Waals surface area contributed by atoms with Crippen LogP contribution in [-0.4, -0.2) is 61.4 Å². The Labute approximate surface area is 119 Å². The first-order valence-corrected chi connectivity index (χ1v) is 8.69. The molecule has 1 rings (SSSR count). The largest absolute Gasteiger partial charge is 0.481 e. The maximum atomic E-state index is 12.0. The zero-order valence-electron chi connectivity index (χ0n) is 11.6. The topological polar surface area (TPSA) is 118 Å². The molecule has 1 heterocycles. The van der Waals surface area contributed by atoms with E-state index in [-0.39, 0.29) is 30.4 Å². The lowest BCUT2D eigenvalue weighted by atomic mass is 10.0. The van der Waals surface area contributed by atoms with Gasteiger partial charge in [0, 0.05) is 25.8 Å². The molecule has 0 aromatic carbocycles. The molecule has 2 unspecified atom stereocenters. The molecule has 0 radical (unpaired) electrons. The molecule has 20 heavy (non-hydrogen) atoms. The predicted molar refractivity (Wildman–Crippen MR) is 73.9 cm³/mol. The molecule has 2 atom stereocenters. The number of amides is 1. The van der Waals surface area contributed by atoms with E-state index in [1.807, 2.05) is 0 Å². The number of nitrogens with two attached hydrogens (primary N) is 1. The van der Waals surface area contributed by atoms with Crippen LogP contribution in [0, 0.1) is 5.92 Å². The van der Waals surface area contributed by atoms with Crippen LogP contribution in [0.3, 0.4) is 0 Å². The number of carbonyl (C=O) groups is 2. The highest BCUT2D eigenvalue weighted by molar-refractivity contribution is 7.90. The third-order valence-electron chi connectivity index (χ3n) is 3.48. The molecular formula is C12H22N2O5S. The highest BCUT2D eigenvalue weighted by atomic mass is 32.2. The minimum atomic E-state index is -3.12. The predicted octanol–water partition coefficient (Wildman–Crippen LogP) is -0.538. The first-order chi connectivity index (χ1) is 9.19. The second-order valence-electron chi connectivity index (χ2n) is 5.40. The van der Waals surface area contributed by atoms with Gasteiger partial charge in [0.2, 0.25) is 5.91 Å². The van der Waals surface area contributed by atoms with E-state index in [1.165, 1.54) is 0 Å². The Balaban J connectivity index is 2.39. The minimum absolute atomic E-state index is 0.101. The van der Waals surface area contributed by atoms with Gasteiger partial charge in [0.25, 0.3) is 0 Å². The van der Waals surface area contributed by atoms with Crippen molar-refractivity contribution in [1.82, 2.24) is 4.90 Å². The average Bonchev–Trinajstić information content (AvgIpc) is 2.80. The van der Waals surface area contributed by atoms with Gasteiger partial charge < -0.3 is 15.7 Å². The molecule has 0 bridgehead atoms. The lowest BCUT2D eigenvalue weighted by Crippen LogP contribution is -2.43. The minimum Gasteiger partial charge on any atom is -0.481 e. The van der Waals surface area contributed by atoms with Gasteiger partial charge in [-0.3, -0.25) is 9.59 Å². The summed E-state index contributed by atoms with van der Waals surface area (Å²) < 4.78 is 22.1. The van der Waals surface area contributed by atoms with Crippen LogP contribution in [0.15, 0.2) is 0 Å². The van der Waals surface area contributed by atoms with Gasteiger partial charge in [-0.05, 0) is 25.2 Å². The normalized spacial score (nSPS) is 20.9. The molecule has 0 aromatic heterocycles. The van der Waals surface area contributed by atoms with Gasteiger partial charge in [0.15, 0.2) is 0 Å². The summed E-state index contributed by atoms with van der Waals surface area (Å²) in [6.07, 6.45) is 2.66. The number of rotatable bonds is 7. The number of hydrogen-bond acceptors (Lipinski definition) is 5. The number of sulfone groups is 1. The number of carbonyl (C=O) groups excluding carboxylic acids is 1. The summed E-state index contributed by atoms with van der Waals surface area (Å²) in [5.41, 5.74) is 5.72. The maximum absolute atomic E-state index is 12.0. The number of hydrogen-bond donors (Lipinski definition) is 2. The van der Waals surface area contributed by atoms with E-state index in [0.29, 0.717) is 19.5 Å². The quantitative estimate of drug-likeness (QED) is 0.652. The fourth-order valence-electron chi connectivity index (χ4n) is 2.30. The zero-order chi connectivity index (χ0) is 15.3. The van der Waals surface area contributed by atoms with E-state index in [9.17, 15) is 18.0 Å². The molecular weight excluding hydrogens is 284 g/mol. The molecule has 8 heteroatoms. The van der Waals surface area contributed by atoms with Crippen molar-refractivity contribution in [1.29, 1.82) is 0 Å². The highest BCUT2D eigenvalue weighted by Crippen LogP contribution is 2.21. The molecule has 0 saturated carbocycles. The summed E-state index contributed by atoms with van der Waals surface area (Å²) >= 11 is 0. The summed E-state index contributed by atoms with van der Waals surface area (Å²) in [7, 11) is -3.12. The monoisotopic (exact) mass is 306 g/mol. The van der Waals surface area contributed by atoms with Gasteiger partial charge in [-0.1, -0.05) is 0 Å². The smallest absolute Gasteiger partial charge is 0.303 e. The molecule has 0 spiro atoms. The van der Waals surface area contributed by atoms with Gasteiger partial charge in [-0.2, -0.15) is 0 Å². The van der Waals surface area contributed by atoms with Crippen molar-refractivity contribution in [3.05, 3.63) is 0 Å². The molecule has 1 aliphatic rings. The van der Waals surface area contributed by atoms with Crippen LogP contribution in [0.4, 0.5) is 0 Å². The Hall–Kier alpha value is -1.15. The SMILES string of the molecule is CS(=O)(=O)CCC(N)C(=O)N1CCC(CCC(=O)O)C1. The maximum Gasteiger partial charge on any atom is 0.303 e.